The Hall–Kier alpha value is 1.83. The summed E-state index contributed by atoms with van der Waals surface area (Å²) in [7, 11) is -3.19. The van der Waals surface area contributed by atoms with E-state index in [9.17, 15) is 0 Å². The molecule has 4 nitrogen and oxygen atoms in total. The summed E-state index contributed by atoms with van der Waals surface area (Å²) in [6, 6.07) is 0. The average molecular weight is 178 g/mol. The fraction of sp³-hybridized carbons (Fsp3) is 1.00. The van der Waals surface area contributed by atoms with Crippen molar-refractivity contribution < 1.29 is 60.5 Å². The minimum Gasteiger partial charge on any atom is -0.552 e. The van der Waals surface area contributed by atoms with Crippen molar-refractivity contribution >= 4 is 11.0 Å². The van der Waals surface area contributed by atoms with E-state index >= 15 is 0 Å². The molecule has 0 aromatic heterocycles. The molecular weight excluding hydrogens is 167 g/mol. The van der Waals surface area contributed by atoms with Crippen molar-refractivity contribution in [2.24, 2.45) is 0 Å². The Morgan fingerprint density at radius 2 is 2.00 bits per heavy atom. The molecule has 6 heteroatoms. The van der Waals surface area contributed by atoms with E-state index in [-0.39, 0.29) is 51.4 Å². The molecule has 0 atom stereocenters. The zero-order valence-electron chi connectivity index (χ0n) is 5.72. The second-order valence-corrected chi connectivity index (χ2v) is 2.83. The molecule has 0 radical (unpaired) electrons. The third-order valence-corrected chi connectivity index (χ3v) is 1.16. The Morgan fingerprint density at radius 1 is 1.56 bits per heavy atom. The van der Waals surface area contributed by atoms with Crippen molar-refractivity contribution in [3.05, 3.63) is 5.14 Å². The molecule has 9 heavy (non-hydrogen) atoms. The molecule has 0 aromatic carbocycles. The number of hydrogen-bond acceptors (Lipinski definition) is 3. The molecular formula is C3H11KN2O2S. The van der Waals surface area contributed by atoms with Crippen LogP contribution in [0, 0.1) is 0 Å². The van der Waals surface area contributed by atoms with E-state index in [0.29, 0.717) is 6.54 Å². The maximum absolute atomic E-state index is 8.34. The quantitative estimate of drug-likeness (QED) is 0.466. The Labute approximate surface area is 99.6 Å². The van der Waals surface area contributed by atoms with Gasteiger partial charge in [0.25, 0.3) is 0 Å². The Morgan fingerprint density at radius 3 is 2.11 bits per heavy atom. The van der Waals surface area contributed by atoms with E-state index in [0.717, 1.165) is 6.42 Å². The number of nitrogens with one attached hydrogen (secondary N) is 2. The molecule has 0 fully saturated rings. The van der Waals surface area contributed by atoms with Gasteiger partial charge >= 0.3 is 51.4 Å². The van der Waals surface area contributed by atoms with Gasteiger partial charge in [-0.05, 0) is 6.42 Å². The van der Waals surface area contributed by atoms with Gasteiger partial charge in [0.15, 0.2) is 0 Å². The van der Waals surface area contributed by atoms with Gasteiger partial charge in [0, 0.05) is 6.54 Å². The van der Waals surface area contributed by atoms with Crippen LogP contribution in [0.2, 0.25) is 0 Å². The van der Waals surface area contributed by atoms with Gasteiger partial charge in [-0.25, -0.2) is 15.7 Å². The predicted molar refractivity (Wildman–Crippen MR) is 35.5 cm³/mol. The normalized spacial score (nSPS) is 12.4. The average Bonchev–Trinajstić information content (AvgIpc) is 1.59. The second kappa shape index (κ2) is 6.53. The van der Waals surface area contributed by atoms with Crippen LogP contribution in [0.25, 0.3) is 5.14 Å². The predicted octanol–water partition coefficient (Wildman–Crippen LogP) is -1.38. The van der Waals surface area contributed by atoms with E-state index in [4.69, 9.17) is 14.2 Å². The summed E-state index contributed by atoms with van der Waals surface area (Å²) in [5.41, 5.74) is 0. The van der Waals surface area contributed by atoms with E-state index in [1.54, 1.807) is 0 Å². The first kappa shape index (κ1) is 13.4. The van der Waals surface area contributed by atoms with E-state index < -0.39 is 11.0 Å². The molecule has 0 rings (SSSR count). The summed E-state index contributed by atoms with van der Waals surface area (Å²) in [4.78, 5) is 0. The standard InChI is InChI=1S/C3H11N2O2S.K/c1-2-3-5-8(4,6)7;/h4-7H,2-3H2,1H3;/q-1;+1. The van der Waals surface area contributed by atoms with Gasteiger partial charge in [-0.15, -0.1) is 0 Å². The van der Waals surface area contributed by atoms with Crippen LogP contribution in [0.1, 0.15) is 13.3 Å². The van der Waals surface area contributed by atoms with Crippen LogP contribution in [-0.4, -0.2) is 15.7 Å². The summed E-state index contributed by atoms with van der Waals surface area (Å²) in [5, 5.41) is 6.52. The number of rotatable bonds is 3. The summed E-state index contributed by atoms with van der Waals surface area (Å²) in [5.74, 6) is 0. The molecule has 0 saturated heterocycles. The summed E-state index contributed by atoms with van der Waals surface area (Å²) in [6.07, 6.45) is 0.800. The van der Waals surface area contributed by atoms with Gasteiger partial charge in [0.2, 0.25) is 0 Å². The van der Waals surface area contributed by atoms with E-state index in [1.807, 2.05) is 6.92 Å². The van der Waals surface area contributed by atoms with Gasteiger partial charge in [-0.2, -0.15) is 0 Å². The van der Waals surface area contributed by atoms with Crippen LogP contribution >= 0.6 is 11.0 Å². The first-order valence-corrected chi connectivity index (χ1v) is 3.88. The van der Waals surface area contributed by atoms with Crippen LogP contribution in [0.3, 0.4) is 0 Å². The van der Waals surface area contributed by atoms with Crippen LogP contribution in [-0.2, 0) is 0 Å². The van der Waals surface area contributed by atoms with Gasteiger partial charge < -0.3 is 14.2 Å². The second-order valence-electron chi connectivity index (χ2n) is 1.44. The Balaban J connectivity index is 0. The molecule has 0 aliphatic carbocycles. The molecule has 52 valence electrons. The third kappa shape index (κ3) is 12.9. The van der Waals surface area contributed by atoms with Crippen molar-refractivity contribution in [3.63, 3.8) is 0 Å². The minimum absolute atomic E-state index is 0. The Bertz CT molecular complexity index is 67.3. The van der Waals surface area contributed by atoms with E-state index in [1.165, 1.54) is 0 Å². The van der Waals surface area contributed by atoms with Gasteiger partial charge in [-0.3, -0.25) is 0 Å². The largest absolute Gasteiger partial charge is 1.00 e. The summed E-state index contributed by atoms with van der Waals surface area (Å²) in [6.45, 7) is 2.37. The smallest absolute Gasteiger partial charge is 0.552 e. The first-order valence-electron chi connectivity index (χ1n) is 2.33. The third-order valence-electron chi connectivity index (χ3n) is 0.553. The fourth-order valence-electron chi connectivity index (χ4n) is 0.244. The maximum Gasteiger partial charge on any atom is 1.00 e. The SMILES string of the molecule is CCCNS([NH-])(O)O.[K+]. The molecule has 0 amide bonds. The molecule has 4 N–H and O–H groups in total. The summed E-state index contributed by atoms with van der Waals surface area (Å²) >= 11 is 0. The molecule has 0 unspecified atom stereocenters. The molecule has 0 aliphatic heterocycles. The van der Waals surface area contributed by atoms with Crippen molar-refractivity contribution in [3.8, 4) is 0 Å². The van der Waals surface area contributed by atoms with Gasteiger partial charge in [-0.1, -0.05) is 6.92 Å². The zero-order chi connectivity index (χ0) is 6.62. The Kier molecular flexibility index (Phi) is 9.74. The maximum atomic E-state index is 8.34. The monoisotopic (exact) mass is 178 g/mol. The van der Waals surface area contributed by atoms with Crippen molar-refractivity contribution in [2.45, 2.75) is 13.3 Å². The van der Waals surface area contributed by atoms with Crippen LogP contribution < -0.4 is 56.1 Å². The summed E-state index contributed by atoms with van der Waals surface area (Å²) < 4.78 is 18.9. The molecule has 0 saturated carbocycles. The van der Waals surface area contributed by atoms with Crippen LogP contribution in [0.4, 0.5) is 0 Å². The van der Waals surface area contributed by atoms with Gasteiger partial charge in [0.05, 0.1) is 0 Å². The van der Waals surface area contributed by atoms with Crippen molar-refractivity contribution in [1.29, 1.82) is 0 Å². The molecule has 0 spiro atoms. The molecule has 0 aromatic rings. The fourth-order valence-corrected chi connectivity index (χ4v) is 0.733. The number of hydrogen-bond donors (Lipinski definition) is 3. The molecule has 0 aliphatic rings. The minimum atomic E-state index is -3.19. The van der Waals surface area contributed by atoms with Crippen LogP contribution in [0.15, 0.2) is 0 Å². The van der Waals surface area contributed by atoms with E-state index in [2.05, 4.69) is 4.72 Å². The topological polar surface area (TPSA) is 76.3 Å². The zero-order valence-corrected chi connectivity index (χ0v) is 9.66. The van der Waals surface area contributed by atoms with Gasteiger partial charge in [0.1, 0.15) is 0 Å². The molecule has 0 bridgehead atoms. The molecule has 0 heterocycles. The van der Waals surface area contributed by atoms with Crippen molar-refractivity contribution in [2.75, 3.05) is 6.54 Å². The van der Waals surface area contributed by atoms with Crippen LogP contribution in [0.5, 0.6) is 0 Å². The first-order chi connectivity index (χ1) is 3.56. The van der Waals surface area contributed by atoms with Crippen molar-refractivity contribution in [1.82, 2.24) is 4.72 Å².